The van der Waals surface area contributed by atoms with Crippen LogP contribution >= 0.6 is 11.8 Å². The minimum atomic E-state index is 0.605. The lowest BCUT2D eigenvalue weighted by atomic mass is 10.0. The topological polar surface area (TPSA) is 51.8 Å². The summed E-state index contributed by atoms with van der Waals surface area (Å²) in [6.45, 7) is 4.41. The third-order valence-corrected chi connectivity index (χ3v) is 4.83. The second-order valence-corrected chi connectivity index (χ2v) is 7.16. The first-order valence-corrected chi connectivity index (χ1v) is 8.42. The molecule has 1 aromatic heterocycles. The van der Waals surface area contributed by atoms with Crippen molar-refractivity contribution in [2.75, 3.05) is 5.73 Å². The highest BCUT2D eigenvalue weighted by atomic mass is 32.2. The van der Waals surface area contributed by atoms with Crippen LogP contribution in [0.15, 0.2) is 6.07 Å². The molecule has 19 heavy (non-hydrogen) atoms. The van der Waals surface area contributed by atoms with Gasteiger partial charge in [-0.05, 0) is 25.2 Å². The van der Waals surface area contributed by atoms with E-state index in [4.69, 9.17) is 5.73 Å². The van der Waals surface area contributed by atoms with Gasteiger partial charge in [-0.3, -0.25) is 0 Å². The molecule has 3 nitrogen and oxygen atoms in total. The van der Waals surface area contributed by atoms with E-state index in [1.807, 2.05) is 17.8 Å². The Balaban J connectivity index is 1.93. The molecule has 1 aliphatic rings. The first-order chi connectivity index (χ1) is 9.13. The van der Waals surface area contributed by atoms with Crippen LogP contribution in [0.1, 0.15) is 57.5 Å². The van der Waals surface area contributed by atoms with E-state index < -0.39 is 0 Å². The lowest BCUT2D eigenvalue weighted by Crippen LogP contribution is -2.10. The summed E-state index contributed by atoms with van der Waals surface area (Å²) in [5.41, 5.74) is 6.97. The summed E-state index contributed by atoms with van der Waals surface area (Å²) < 4.78 is 0. The van der Waals surface area contributed by atoms with Crippen molar-refractivity contribution >= 4 is 17.6 Å². The Morgan fingerprint density at radius 3 is 2.68 bits per heavy atom. The first kappa shape index (κ1) is 14.6. The number of thioether (sulfide) groups is 1. The van der Waals surface area contributed by atoms with Crippen LogP contribution in [0.25, 0.3) is 0 Å². The molecule has 1 aromatic rings. The van der Waals surface area contributed by atoms with Gasteiger partial charge >= 0.3 is 0 Å². The van der Waals surface area contributed by atoms with E-state index in [0.29, 0.717) is 11.7 Å². The lowest BCUT2D eigenvalue weighted by molar-refractivity contribution is 0.516. The molecule has 0 saturated heterocycles. The number of aromatic nitrogens is 2. The summed E-state index contributed by atoms with van der Waals surface area (Å²) in [6, 6.07) is 1.91. The van der Waals surface area contributed by atoms with E-state index in [9.17, 15) is 0 Å². The molecule has 0 atom stereocenters. The van der Waals surface area contributed by atoms with Gasteiger partial charge in [-0.2, -0.15) is 11.8 Å². The Hall–Kier alpha value is -0.770. The fourth-order valence-electron chi connectivity index (χ4n) is 2.59. The van der Waals surface area contributed by atoms with Crippen LogP contribution in [0.3, 0.4) is 0 Å². The van der Waals surface area contributed by atoms with E-state index in [1.165, 1.54) is 32.1 Å². The van der Waals surface area contributed by atoms with Crippen LogP contribution in [0.4, 0.5) is 5.82 Å². The third-order valence-electron chi connectivity index (χ3n) is 3.46. The van der Waals surface area contributed by atoms with Crippen molar-refractivity contribution in [1.82, 2.24) is 9.97 Å². The molecule has 1 saturated carbocycles. The highest BCUT2D eigenvalue weighted by molar-refractivity contribution is 7.99. The zero-order valence-corrected chi connectivity index (χ0v) is 12.9. The Bertz CT molecular complexity index is 400. The number of nitrogens with two attached hydrogens (primary N) is 1. The van der Waals surface area contributed by atoms with E-state index in [1.54, 1.807) is 0 Å². The van der Waals surface area contributed by atoms with Gasteiger partial charge in [0.05, 0.1) is 5.75 Å². The quantitative estimate of drug-likeness (QED) is 0.890. The normalized spacial score (nSPS) is 17.0. The minimum Gasteiger partial charge on any atom is -0.384 e. The standard InChI is InChI=1S/C15H25N3S/c1-11(2)8-12-9-14(16)18-15(17-12)10-19-13-6-4-3-5-7-13/h9,11,13H,3-8,10H2,1-2H3,(H2,16,17,18). The molecule has 0 unspecified atom stereocenters. The van der Waals surface area contributed by atoms with Crippen molar-refractivity contribution in [3.8, 4) is 0 Å². The molecule has 2 N–H and O–H groups in total. The van der Waals surface area contributed by atoms with Gasteiger partial charge in [-0.25, -0.2) is 9.97 Å². The van der Waals surface area contributed by atoms with E-state index in [2.05, 4.69) is 23.8 Å². The molecule has 4 heteroatoms. The number of hydrogen-bond donors (Lipinski definition) is 1. The van der Waals surface area contributed by atoms with Crippen molar-refractivity contribution < 1.29 is 0 Å². The Morgan fingerprint density at radius 2 is 2.00 bits per heavy atom. The molecular weight excluding hydrogens is 254 g/mol. The fourth-order valence-corrected chi connectivity index (χ4v) is 3.77. The number of nitrogen functional groups attached to an aromatic ring is 1. The fraction of sp³-hybridized carbons (Fsp3) is 0.733. The van der Waals surface area contributed by atoms with Gasteiger partial charge in [-0.15, -0.1) is 0 Å². The van der Waals surface area contributed by atoms with E-state index >= 15 is 0 Å². The molecule has 0 bridgehead atoms. The van der Waals surface area contributed by atoms with E-state index in [-0.39, 0.29) is 0 Å². The van der Waals surface area contributed by atoms with Crippen molar-refractivity contribution in [3.63, 3.8) is 0 Å². The maximum atomic E-state index is 5.88. The molecule has 2 rings (SSSR count). The number of rotatable bonds is 5. The van der Waals surface area contributed by atoms with Crippen LogP contribution in [-0.4, -0.2) is 15.2 Å². The lowest BCUT2D eigenvalue weighted by Gasteiger charge is -2.20. The molecule has 0 spiro atoms. The van der Waals surface area contributed by atoms with Crippen LogP contribution in [-0.2, 0) is 12.2 Å². The van der Waals surface area contributed by atoms with Crippen molar-refractivity contribution in [1.29, 1.82) is 0 Å². The monoisotopic (exact) mass is 279 g/mol. The molecule has 106 valence electrons. The molecule has 0 aromatic carbocycles. The zero-order valence-electron chi connectivity index (χ0n) is 12.1. The van der Waals surface area contributed by atoms with Crippen LogP contribution in [0, 0.1) is 5.92 Å². The largest absolute Gasteiger partial charge is 0.384 e. The number of nitrogens with zero attached hydrogens (tertiary/aromatic N) is 2. The first-order valence-electron chi connectivity index (χ1n) is 7.37. The van der Waals surface area contributed by atoms with Gasteiger partial charge in [0.1, 0.15) is 11.6 Å². The number of hydrogen-bond acceptors (Lipinski definition) is 4. The number of anilines is 1. The van der Waals surface area contributed by atoms with Gasteiger partial charge in [-0.1, -0.05) is 33.1 Å². The highest BCUT2D eigenvalue weighted by Crippen LogP contribution is 2.30. The van der Waals surface area contributed by atoms with Crippen molar-refractivity contribution in [2.24, 2.45) is 5.92 Å². The summed E-state index contributed by atoms with van der Waals surface area (Å²) in [5, 5.41) is 0.798. The average Bonchev–Trinajstić information content (AvgIpc) is 2.36. The van der Waals surface area contributed by atoms with Gasteiger partial charge in [0.2, 0.25) is 0 Å². The SMILES string of the molecule is CC(C)Cc1cc(N)nc(CSC2CCCCC2)n1. The smallest absolute Gasteiger partial charge is 0.140 e. The minimum absolute atomic E-state index is 0.605. The van der Waals surface area contributed by atoms with Crippen molar-refractivity contribution in [3.05, 3.63) is 17.6 Å². The van der Waals surface area contributed by atoms with Gasteiger partial charge in [0, 0.05) is 17.0 Å². The Morgan fingerprint density at radius 1 is 1.26 bits per heavy atom. The van der Waals surface area contributed by atoms with E-state index in [0.717, 1.165) is 28.9 Å². The molecule has 0 radical (unpaired) electrons. The summed E-state index contributed by atoms with van der Waals surface area (Å²) in [7, 11) is 0. The Kier molecular flexibility index (Phi) is 5.49. The molecule has 1 aliphatic carbocycles. The summed E-state index contributed by atoms with van der Waals surface area (Å²) >= 11 is 2.01. The van der Waals surface area contributed by atoms with Crippen molar-refractivity contribution in [2.45, 2.75) is 63.4 Å². The molecule has 1 heterocycles. The third kappa shape index (κ3) is 5.01. The molecule has 0 aliphatic heterocycles. The zero-order chi connectivity index (χ0) is 13.7. The van der Waals surface area contributed by atoms with Gasteiger partial charge in [0.15, 0.2) is 0 Å². The average molecular weight is 279 g/mol. The molecule has 0 amide bonds. The summed E-state index contributed by atoms with van der Waals surface area (Å²) in [4.78, 5) is 9.02. The second-order valence-electron chi connectivity index (χ2n) is 5.87. The molecular formula is C15H25N3S. The van der Waals surface area contributed by atoms with Gasteiger partial charge < -0.3 is 5.73 Å². The van der Waals surface area contributed by atoms with Gasteiger partial charge in [0.25, 0.3) is 0 Å². The van der Waals surface area contributed by atoms with Crippen LogP contribution in [0.2, 0.25) is 0 Å². The maximum absolute atomic E-state index is 5.88. The van der Waals surface area contributed by atoms with Crippen LogP contribution < -0.4 is 5.73 Å². The highest BCUT2D eigenvalue weighted by Gasteiger charge is 2.14. The molecule has 1 fully saturated rings. The predicted molar refractivity (Wildman–Crippen MR) is 83.2 cm³/mol. The Labute approximate surface area is 120 Å². The maximum Gasteiger partial charge on any atom is 0.140 e. The predicted octanol–water partition coefficient (Wildman–Crippen LogP) is 3.82. The summed E-state index contributed by atoms with van der Waals surface area (Å²) in [5.74, 6) is 3.03. The second kappa shape index (κ2) is 7.13. The summed E-state index contributed by atoms with van der Waals surface area (Å²) in [6.07, 6.45) is 7.86. The van der Waals surface area contributed by atoms with Crippen LogP contribution in [0.5, 0.6) is 0 Å².